The summed E-state index contributed by atoms with van der Waals surface area (Å²) in [6.45, 7) is 6.50. The summed E-state index contributed by atoms with van der Waals surface area (Å²) in [5.41, 5.74) is -0.544. The second-order valence-corrected chi connectivity index (χ2v) is 11.0. The van der Waals surface area contributed by atoms with Crippen molar-refractivity contribution in [2.24, 2.45) is 46.3 Å². The first-order valence-corrected chi connectivity index (χ1v) is 11.8. The number of ether oxygens (including phenoxy) is 1. The summed E-state index contributed by atoms with van der Waals surface area (Å²) in [5.74, 6) is 1.41. The van der Waals surface area contributed by atoms with Gasteiger partial charge in [0.05, 0.1) is 7.11 Å². The van der Waals surface area contributed by atoms with Gasteiger partial charge in [0.1, 0.15) is 17.3 Å². The number of esters is 1. The number of carbonyl (C=O) groups excluding carboxylic acids is 4. The van der Waals surface area contributed by atoms with Crippen LogP contribution < -0.4 is 0 Å². The van der Waals surface area contributed by atoms with Crippen molar-refractivity contribution < 1.29 is 23.9 Å². The van der Waals surface area contributed by atoms with Gasteiger partial charge in [-0.15, -0.1) is 0 Å². The third kappa shape index (κ3) is 3.10. The first-order valence-electron chi connectivity index (χ1n) is 11.8. The molecule has 5 nitrogen and oxygen atoms in total. The van der Waals surface area contributed by atoms with Crippen LogP contribution in [0.3, 0.4) is 0 Å². The smallest absolute Gasteiger partial charge is 0.305 e. The molecule has 0 bridgehead atoms. The molecule has 5 heteroatoms. The minimum absolute atomic E-state index is 0.0417. The largest absolute Gasteiger partial charge is 0.469 e. The normalized spacial score (nSPS) is 44.1. The van der Waals surface area contributed by atoms with Gasteiger partial charge >= 0.3 is 5.97 Å². The highest BCUT2D eigenvalue weighted by Crippen LogP contribution is 2.66. The van der Waals surface area contributed by atoms with Crippen molar-refractivity contribution in [3.05, 3.63) is 0 Å². The second kappa shape index (κ2) is 7.56. The zero-order valence-electron chi connectivity index (χ0n) is 18.9. The van der Waals surface area contributed by atoms with Crippen LogP contribution in [-0.4, -0.2) is 30.4 Å². The van der Waals surface area contributed by atoms with Crippen molar-refractivity contribution in [1.82, 2.24) is 0 Å². The molecular formula is C25H36O5. The molecule has 0 aliphatic heterocycles. The van der Waals surface area contributed by atoms with E-state index in [0.717, 1.165) is 25.7 Å². The number of fused-ring (bicyclic) bond motifs is 5. The molecule has 4 rings (SSSR count). The average molecular weight is 417 g/mol. The van der Waals surface area contributed by atoms with Crippen molar-refractivity contribution in [3.63, 3.8) is 0 Å². The van der Waals surface area contributed by atoms with Crippen molar-refractivity contribution >= 4 is 23.3 Å². The molecule has 0 aromatic carbocycles. The van der Waals surface area contributed by atoms with Crippen LogP contribution in [-0.2, 0) is 23.9 Å². The SMILES string of the molecule is COC(=O)CC[C@@H](C)[C@H]1CC[C@@H]2[C@H]3C(=O)C[C@H]4CC(=O)CC[C@]4(C)[C@@H]3CC(=O)[C@]21C. The van der Waals surface area contributed by atoms with Crippen molar-refractivity contribution in [1.29, 1.82) is 0 Å². The lowest BCUT2D eigenvalue weighted by Crippen LogP contribution is -2.60. The molecule has 0 unspecified atom stereocenters. The van der Waals surface area contributed by atoms with Gasteiger partial charge in [-0.2, -0.15) is 0 Å². The summed E-state index contributed by atoms with van der Waals surface area (Å²) < 4.78 is 4.80. The van der Waals surface area contributed by atoms with E-state index >= 15 is 0 Å². The Morgan fingerprint density at radius 1 is 1.10 bits per heavy atom. The second-order valence-electron chi connectivity index (χ2n) is 11.0. The molecule has 30 heavy (non-hydrogen) atoms. The van der Waals surface area contributed by atoms with E-state index in [1.54, 1.807) is 0 Å². The molecule has 4 fully saturated rings. The Morgan fingerprint density at radius 2 is 1.83 bits per heavy atom. The number of ketones is 3. The number of Topliss-reactive ketones (excluding diaryl/α,β-unsaturated/α-hetero) is 3. The number of hydrogen-bond donors (Lipinski definition) is 0. The maximum absolute atomic E-state index is 13.7. The van der Waals surface area contributed by atoms with E-state index < -0.39 is 5.41 Å². The molecular weight excluding hydrogens is 380 g/mol. The topological polar surface area (TPSA) is 77.5 Å². The average Bonchev–Trinajstić information content (AvgIpc) is 3.06. The van der Waals surface area contributed by atoms with E-state index in [1.165, 1.54) is 7.11 Å². The molecule has 0 saturated heterocycles. The zero-order valence-corrected chi connectivity index (χ0v) is 18.9. The van der Waals surface area contributed by atoms with Gasteiger partial charge < -0.3 is 4.74 Å². The number of rotatable bonds is 4. The Bertz CT molecular complexity index is 772. The van der Waals surface area contributed by atoms with Gasteiger partial charge in [0.25, 0.3) is 0 Å². The Kier molecular flexibility index (Phi) is 5.47. The molecule has 4 saturated carbocycles. The van der Waals surface area contributed by atoms with Crippen LogP contribution in [0.5, 0.6) is 0 Å². The summed E-state index contributed by atoms with van der Waals surface area (Å²) in [6, 6.07) is 0. The maximum atomic E-state index is 13.7. The number of carbonyl (C=O) groups is 4. The number of hydrogen-bond acceptors (Lipinski definition) is 5. The highest BCUT2D eigenvalue weighted by atomic mass is 16.5. The molecule has 0 amide bonds. The molecule has 0 spiro atoms. The maximum Gasteiger partial charge on any atom is 0.305 e. The van der Waals surface area contributed by atoms with E-state index in [4.69, 9.17) is 4.74 Å². The molecule has 0 aromatic rings. The van der Waals surface area contributed by atoms with E-state index in [9.17, 15) is 19.2 Å². The van der Waals surface area contributed by atoms with Crippen LogP contribution in [0.1, 0.15) is 78.6 Å². The van der Waals surface area contributed by atoms with Crippen molar-refractivity contribution in [2.45, 2.75) is 78.6 Å². The van der Waals surface area contributed by atoms with Gasteiger partial charge in [0.2, 0.25) is 0 Å². The lowest BCUT2D eigenvalue weighted by molar-refractivity contribution is -0.166. The van der Waals surface area contributed by atoms with Crippen LogP contribution in [0, 0.1) is 46.3 Å². The van der Waals surface area contributed by atoms with Crippen molar-refractivity contribution in [2.75, 3.05) is 7.11 Å². The molecule has 166 valence electrons. The number of methoxy groups -OCH3 is 1. The summed E-state index contributed by atoms with van der Waals surface area (Å²) in [7, 11) is 1.41. The van der Waals surface area contributed by atoms with Gasteiger partial charge in [-0.1, -0.05) is 20.8 Å². The summed E-state index contributed by atoms with van der Waals surface area (Å²) in [6.07, 6.45) is 5.87. The minimum atomic E-state index is -0.472. The van der Waals surface area contributed by atoms with E-state index in [0.29, 0.717) is 43.7 Å². The third-order valence-electron chi connectivity index (χ3n) is 9.94. The predicted molar refractivity (Wildman–Crippen MR) is 111 cm³/mol. The summed E-state index contributed by atoms with van der Waals surface area (Å²) >= 11 is 0. The first kappa shape index (κ1) is 21.7. The zero-order chi connectivity index (χ0) is 21.8. The third-order valence-corrected chi connectivity index (χ3v) is 9.94. The van der Waals surface area contributed by atoms with E-state index in [2.05, 4.69) is 20.8 Å². The molecule has 4 aliphatic carbocycles. The Morgan fingerprint density at radius 3 is 2.53 bits per heavy atom. The Labute approximate surface area is 179 Å². The molecule has 0 radical (unpaired) electrons. The molecule has 0 heterocycles. The highest BCUT2D eigenvalue weighted by Gasteiger charge is 2.66. The summed E-state index contributed by atoms with van der Waals surface area (Å²) in [4.78, 5) is 50.7. The standard InChI is InChI=1S/C25H36O5/c1-14(5-8-22(29)30-4)17-6-7-18-23-19(13-21(28)25(17,18)3)24(2)10-9-16(26)11-15(24)12-20(23)27/h14-15,17-19,23H,5-13H2,1-4H3/t14-,15-,17-,18-,19-,23-,24+,25+/m1/s1. The van der Waals surface area contributed by atoms with E-state index in [1.807, 2.05) is 0 Å². The Hall–Kier alpha value is -1.52. The molecule has 0 N–H and O–H groups in total. The highest BCUT2D eigenvalue weighted by molar-refractivity contribution is 5.93. The van der Waals surface area contributed by atoms with Crippen LogP contribution in [0.4, 0.5) is 0 Å². The first-order chi connectivity index (χ1) is 14.1. The van der Waals surface area contributed by atoms with Crippen molar-refractivity contribution in [3.8, 4) is 0 Å². The Balaban J connectivity index is 1.60. The molecule has 4 aliphatic rings. The van der Waals surface area contributed by atoms with Gasteiger partial charge in [0.15, 0.2) is 0 Å². The quantitative estimate of drug-likeness (QED) is 0.643. The fraction of sp³-hybridized carbons (Fsp3) is 0.840. The van der Waals surface area contributed by atoms with Gasteiger partial charge in [-0.25, -0.2) is 0 Å². The fourth-order valence-corrected chi connectivity index (χ4v) is 8.04. The molecule has 8 atom stereocenters. The van der Waals surface area contributed by atoms with Crippen LogP contribution in [0.25, 0.3) is 0 Å². The van der Waals surface area contributed by atoms with Gasteiger partial charge in [-0.05, 0) is 60.7 Å². The lowest BCUT2D eigenvalue weighted by atomic mass is 9.44. The van der Waals surface area contributed by atoms with Crippen LogP contribution in [0.15, 0.2) is 0 Å². The van der Waals surface area contributed by atoms with Crippen LogP contribution in [0.2, 0.25) is 0 Å². The molecule has 0 aromatic heterocycles. The summed E-state index contributed by atoms with van der Waals surface area (Å²) in [5, 5.41) is 0. The monoisotopic (exact) mass is 416 g/mol. The van der Waals surface area contributed by atoms with Crippen LogP contribution >= 0.6 is 0 Å². The van der Waals surface area contributed by atoms with Gasteiger partial charge in [-0.3, -0.25) is 19.2 Å². The fourth-order valence-electron chi connectivity index (χ4n) is 8.04. The lowest BCUT2D eigenvalue weighted by Gasteiger charge is -2.58. The van der Waals surface area contributed by atoms with E-state index in [-0.39, 0.29) is 52.7 Å². The van der Waals surface area contributed by atoms with Gasteiger partial charge in [0, 0.05) is 43.4 Å². The minimum Gasteiger partial charge on any atom is -0.469 e. The predicted octanol–water partition coefficient (Wildman–Crippen LogP) is 4.16.